The fraction of sp³-hybridized carbons (Fsp3) is 0.273. The van der Waals surface area contributed by atoms with Crippen molar-refractivity contribution in [3.05, 3.63) is 17.7 Å². The molecule has 0 aliphatic heterocycles. The number of thioether (sulfide) groups is 1. The molecule has 0 bridgehead atoms. The second kappa shape index (κ2) is 5.58. The molecule has 0 aromatic heterocycles. The van der Waals surface area contributed by atoms with Gasteiger partial charge >= 0.3 is 5.97 Å². The maximum Gasteiger partial charge on any atom is 0.377 e. The fourth-order valence-corrected chi connectivity index (χ4v) is 1.92. The Morgan fingerprint density at radius 3 is 2.12 bits per heavy atom. The summed E-state index contributed by atoms with van der Waals surface area (Å²) in [5.74, 6) is -1.67. The highest BCUT2D eigenvalue weighted by molar-refractivity contribution is 7.98. The van der Waals surface area contributed by atoms with Gasteiger partial charge in [0.05, 0.1) is 14.2 Å². The number of hydrogen-bond acceptors (Lipinski definition) is 5. The first kappa shape index (κ1) is 13.4. The van der Waals surface area contributed by atoms with Gasteiger partial charge in [-0.2, -0.15) is 0 Å². The lowest BCUT2D eigenvalue weighted by Crippen LogP contribution is -2.14. The Morgan fingerprint density at radius 2 is 1.71 bits per heavy atom. The first-order valence-corrected chi connectivity index (χ1v) is 5.85. The number of ketones is 1. The van der Waals surface area contributed by atoms with Crippen molar-refractivity contribution < 1.29 is 24.2 Å². The molecule has 0 unspecified atom stereocenters. The summed E-state index contributed by atoms with van der Waals surface area (Å²) >= 11 is 1.27. The molecule has 5 nitrogen and oxygen atoms in total. The fourth-order valence-electron chi connectivity index (χ4n) is 1.32. The molecule has 1 aromatic carbocycles. The number of hydrogen-bond donors (Lipinski definition) is 1. The molecule has 1 rings (SSSR count). The summed E-state index contributed by atoms with van der Waals surface area (Å²) in [5, 5.41) is 8.71. The summed E-state index contributed by atoms with van der Waals surface area (Å²) in [6, 6.07) is 2.96. The third-order valence-corrected chi connectivity index (χ3v) is 2.92. The molecular weight excluding hydrogens is 244 g/mol. The summed E-state index contributed by atoms with van der Waals surface area (Å²) in [4.78, 5) is 22.7. The third kappa shape index (κ3) is 2.71. The Balaban J connectivity index is 3.38. The van der Waals surface area contributed by atoms with Crippen LogP contribution in [0.4, 0.5) is 0 Å². The highest BCUT2D eigenvalue weighted by Gasteiger charge is 2.21. The van der Waals surface area contributed by atoms with E-state index in [-0.39, 0.29) is 5.56 Å². The summed E-state index contributed by atoms with van der Waals surface area (Å²) < 4.78 is 10.1. The minimum absolute atomic E-state index is 0.0997. The van der Waals surface area contributed by atoms with E-state index >= 15 is 0 Å². The van der Waals surface area contributed by atoms with Gasteiger partial charge in [-0.25, -0.2) is 4.79 Å². The van der Waals surface area contributed by atoms with E-state index in [1.807, 2.05) is 0 Å². The maximum atomic E-state index is 11.5. The number of Topliss-reactive ketones (excluding diaryl/α,β-unsaturated/α-hetero) is 1. The molecule has 0 saturated carbocycles. The first-order chi connectivity index (χ1) is 8.04. The summed E-state index contributed by atoms with van der Waals surface area (Å²) in [5.41, 5.74) is 0.0997. The van der Waals surface area contributed by atoms with Crippen LogP contribution in [0.2, 0.25) is 0 Å². The molecule has 0 heterocycles. The standard InChI is InChI=1S/C11H12O5S/c1-15-7-4-6(10(12)11(13)14)9(17-3)5-8(7)16-2/h4-5H,1-3H3,(H,13,14). The number of carboxylic acid groups (broad SMARTS) is 1. The van der Waals surface area contributed by atoms with Crippen molar-refractivity contribution in [2.24, 2.45) is 0 Å². The van der Waals surface area contributed by atoms with Crippen LogP contribution in [-0.4, -0.2) is 37.3 Å². The molecule has 6 heteroatoms. The zero-order valence-electron chi connectivity index (χ0n) is 9.64. The molecule has 0 spiro atoms. The van der Waals surface area contributed by atoms with Crippen molar-refractivity contribution in [2.45, 2.75) is 4.90 Å². The van der Waals surface area contributed by atoms with Crippen LogP contribution >= 0.6 is 11.8 Å². The summed E-state index contributed by atoms with van der Waals surface area (Å²) in [6.07, 6.45) is 1.75. The summed E-state index contributed by atoms with van der Waals surface area (Å²) in [6.45, 7) is 0. The van der Waals surface area contributed by atoms with Gasteiger partial charge in [0.25, 0.3) is 5.78 Å². The molecule has 1 aromatic rings. The predicted molar refractivity (Wildman–Crippen MR) is 63.3 cm³/mol. The van der Waals surface area contributed by atoms with Crippen LogP contribution in [0.3, 0.4) is 0 Å². The molecule has 0 saturated heterocycles. The first-order valence-electron chi connectivity index (χ1n) is 4.62. The second-order valence-electron chi connectivity index (χ2n) is 3.04. The molecule has 92 valence electrons. The monoisotopic (exact) mass is 256 g/mol. The molecule has 17 heavy (non-hydrogen) atoms. The highest BCUT2D eigenvalue weighted by atomic mass is 32.2. The lowest BCUT2D eigenvalue weighted by atomic mass is 10.1. The molecule has 0 atom stereocenters. The van der Waals surface area contributed by atoms with Gasteiger partial charge in [0, 0.05) is 10.5 Å². The van der Waals surface area contributed by atoms with Crippen molar-refractivity contribution in [1.29, 1.82) is 0 Å². The molecule has 0 radical (unpaired) electrons. The predicted octanol–water partition coefficient (Wildman–Crippen LogP) is 1.69. The lowest BCUT2D eigenvalue weighted by molar-refractivity contribution is -0.131. The lowest BCUT2D eigenvalue weighted by Gasteiger charge is -2.11. The third-order valence-electron chi connectivity index (χ3n) is 2.14. The molecular formula is C11H12O5S. The van der Waals surface area contributed by atoms with Crippen LogP contribution in [0.5, 0.6) is 11.5 Å². The molecule has 0 amide bonds. The van der Waals surface area contributed by atoms with Crippen molar-refractivity contribution in [3.63, 3.8) is 0 Å². The Hall–Kier alpha value is -1.69. The number of benzene rings is 1. The van der Waals surface area contributed by atoms with Crippen molar-refractivity contribution in [1.82, 2.24) is 0 Å². The Kier molecular flexibility index (Phi) is 4.39. The van der Waals surface area contributed by atoms with E-state index in [1.54, 1.807) is 12.3 Å². The minimum Gasteiger partial charge on any atom is -0.493 e. The number of carbonyl (C=O) groups excluding carboxylic acids is 1. The Morgan fingerprint density at radius 1 is 1.18 bits per heavy atom. The SMILES string of the molecule is COc1cc(SC)c(C(=O)C(=O)O)cc1OC. The average molecular weight is 256 g/mol. The number of carbonyl (C=O) groups is 2. The van der Waals surface area contributed by atoms with Crippen LogP contribution in [-0.2, 0) is 4.79 Å². The Labute approximate surface area is 103 Å². The van der Waals surface area contributed by atoms with Gasteiger partial charge in [-0.3, -0.25) is 4.79 Å². The van der Waals surface area contributed by atoms with Gasteiger partial charge in [-0.05, 0) is 18.4 Å². The molecule has 1 N–H and O–H groups in total. The smallest absolute Gasteiger partial charge is 0.377 e. The van der Waals surface area contributed by atoms with E-state index in [4.69, 9.17) is 14.6 Å². The van der Waals surface area contributed by atoms with E-state index < -0.39 is 11.8 Å². The van der Waals surface area contributed by atoms with E-state index in [0.29, 0.717) is 16.4 Å². The van der Waals surface area contributed by atoms with Crippen molar-refractivity contribution >= 4 is 23.5 Å². The van der Waals surface area contributed by atoms with Gasteiger partial charge in [0.15, 0.2) is 11.5 Å². The van der Waals surface area contributed by atoms with Gasteiger partial charge in [-0.15, -0.1) is 11.8 Å². The minimum atomic E-state index is -1.49. The molecule has 0 fully saturated rings. The number of ether oxygens (including phenoxy) is 2. The molecule has 0 aliphatic carbocycles. The maximum absolute atomic E-state index is 11.5. The van der Waals surface area contributed by atoms with Gasteiger partial charge in [-0.1, -0.05) is 0 Å². The zero-order valence-corrected chi connectivity index (χ0v) is 10.5. The van der Waals surface area contributed by atoms with E-state index in [0.717, 1.165) is 0 Å². The number of methoxy groups -OCH3 is 2. The second-order valence-corrected chi connectivity index (χ2v) is 3.89. The van der Waals surface area contributed by atoms with Crippen LogP contribution in [0, 0.1) is 0 Å². The van der Waals surface area contributed by atoms with Crippen LogP contribution in [0.15, 0.2) is 17.0 Å². The number of carboxylic acids is 1. The van der Waals surface area contributed by atoms with E-state index in [2.05, 4.69) is 0 Å². The normalized spacial score (nSPS) is 9.82. The largest absolute Gasteiger partial charge is 0.493 e. The average Bonchev–Trinajstić information content (AvgIpc) is 2.35. The Bertz CT molecular complexity index is 455. The highest BCUT2D eigenvalue weighted by Crippen LogP contribution is 2.34. The van der Waals surface area contributed by atoms with Crippen molar-refractivity contribution in [3.8, 4) is 11.5 Å². The van der Waals surface area contributed by atoms with Crippen molar-refractivity contribution in [2.75, 3.05) is 20.5 Å². The van der Waals surface area contributed by atoms with Crippen LogP contribution in [0.25, 0.3) is 0 Å². The van der Waals surface area contributed by atoms with Gasteiger partial charge in [0.1, 0.15) is 0 Å². The van der Waals surface area contributed by atoms with E-state index in [1.165, 1.54) is 32.0 Å². The van der Waals surface area contributed by atoms with Crippen LogP contribution < -0.4 is 9.47 Å². The zero-order chi connectivity index (χ0) is 13.0. The molecule has 0 aliphatic rings. The quantitative estimate of drug-likeness (QED) is 0.491. The number of aliphatic carboxylic acids is 1. The van der Waals surface area contributed by atoms with E-state index in [9.17, 15) is 9.59 Å². The van der Waals surface area contributed by atoms with Gasteiger partial charge in [0.2, 0.25) is 0 Å². The topological polar surface area (TPSA) is 72.8 Å². The summed E-state index contributed by atoms with van der Waals surface area (Å²) in [7, 11) is 2.90. The van der Waals surface area contributed by atoms with Crippen LogP contribution in [0.1, 0.15) is 10.4 Å². The number of rotatable bonds is 5. The van der Waals surface area contributed by atoms with Gasteiger partial charge < -0.3 is 14.6 Å².